The summed E-state index contributed by atoms with van der Waals surface area (Å²) in [7, 11) is 0. The minimum atomic E-state index is 0. The van der Waals surface area contributed by atoms with E-state index < -0.39 is 0 Å². The fourth-order valence-corrected chi connectivity index (χ4v) is 0. The molecule has 1 unspecified atom stereocenters. The first-order valence-electron chi connectivity index (χ1n) is 0. The standard InChI is InChI=1S/B.H2O.H3P.Sn.2H/h;1H2;1H3;;;. The fourth-order valence-electron chi connectivity index (χ4n) is 0. The summed E-state index contributed by atoms with van der Waals surface area (Å²) in [5, 5.41) is 0. The molecule has 25 valence electrons. The maximum absolute atomic E-state index is 0. The molecule has 0 aliphatic carbocycles. The molecule has 0 amide bonds. The molecule has 1 atom stereocenters. The monoisotopic (exact) mass is 185 g/mol. The molecule has 0 aliphatic heterocycles. The quantitative estimate of drug-likeness (QED) is 0.306. The van der Waals surface area contributed by atoms with Crippen molar-refractivity contribution in [3.05, 3.63) is 0 Å². The molecule has 5 radical (unpaired) electrons. The molecule has 0 aliphatic rings. The van der Waals surface area contributed by atoms with Crippen molar-refractivity contribution < 1.29 is 5.48 Å². The van der Waals surface area contributed by atoms with Gasteiger partial charge in [0, 0.05) is 8.41 Å². The van der Waals surface area contributed by atoms with Crippen molar-refractivity contribution in [2.75, 3.05) is 0 Å². The predicted molar refractivity (Wildman–Crippen MR) is 29.0 cm³/mol. The molecule has 0 heterocycles. The zero-order valence-electron chi connectivity index (χ0n) is 2.49. The van der Waals surface area contributed by atoms with E-state index >= 15 is 0 Å². The molecule has 2 N–H and O–H groups in total. The molecule has 0 saturated heterocycles. The van der Waals surface area contributed by atoms with Crippen LogP contribution in [0.3, 0.4) is 0 Å². The van der Waals surface area contributed by atoms with E-state index in [2.05, 4.69) is 0 Å². The van der Waals surface area contributed by atoms with Gasteiger partial charge in [0.25, 0.3) is 0 Å². The normalized spacial score (nSPS) is 0. The molecule has 0 aromatic heterocycles. The molecule has 0 rings (SSSR count). The van der Waals surface area contributed by atoms with Gasteiger partial charge in [0.1, 0.15) is 0 Å². The van der Waals surface area contributed by atoms with E-state index in [1.165, 1.54) is 0 Å². The Labute approximate surface area is 48.0 Å². The van der Waals surface area contributed by atoms with Crippen molar-refractivity contribution in [1.29, 1.82) is 0 Å². The summed E-state index contributed by atoms with van der Waals surface area (Å²) >= 11 is 0. The summed E-state index contributed by atoms with van der Waals surface area (Å²) in [5.41, 5.74) is 0. The Morgan fingerprint density at radius 2 is 1.00 bits per heavy atom. The summed E-state index contributed by atoms with van der Waals surface area (Å²) in [6, 6.07) is 0. The van der Waals surface area contributed by atoms with Crippen LogP contribution in [0.4, 0.5) is 0 Å². The second-order valence-electron chi connectivity index (χ2n) is 0. The fraction of sp³-hybridized carbons (Fsp3) is 0. The predicted octanol–water partition coefficient (Wildman–Crippen LogP) is -2.06. The third-order valence-electron chi connectivity index (χ3n) is 0. The zero-order chi connectivity index (χ0) is 0. The third kappa shape index (κ3) is 10.5. The van der Waals surface area contributed by atoms with Gasteiger partial charge in [0.2, 0.25) is 0 Å². The van der Waals surface area contributed by atoms with Gasteiger partial charge in [0.05, 0.1) is 0 Å². The van der Waals surface area contributed by atoms with Gasteiger partial charge in [-0.05, 0) is 0 Å². The van der Waals surface area contributed by atoms with Crippen molar-refractivity contribution in [2.45, 2.75) is 0 Å². The first-order chi connectivity index (χ1) is 0. The van der Waals surface area contributed by atoms with E-state index in [0.717, 1.165) is 0 Å². The molecule has 0 fully saturated rings. The summed E-state index contributed by atoms with van der Waals surface area (Å²) in [5.74, 6) is 0. The Morgan fingerprint density at radius 1 is 1.00 bits per heavy atom. The van der Waals surface area contributed by atoms with Crippen LogP contribution >= 0.6 is 9.90 Å². The molecule has 0 aromatic rings. The SMILES string of the molecule is O.P.[B].[SnH2]. The first kappa shape index (κ1) is 60.5. The summed E-state index contributed by atoms with van der Waals surface area (Å²) in [6.07, 6.45) is 0. The zero-order valence-corrected chi connectivity index (χ0v) is 7.94. The summed E-state index contributed by atoms with van der Waals surface area (Å²) in [6.45, 7) is 0. The van der Waals surface area contributed by atoms with Crippen LogP contribution in [0, 0.1) is 0 Å². The van der Waals surface area contributed by atoms with E-state index in [1.54, 1.807) is 0 Å². The van der Waals surface area contributed by atoms with Crippen molar-refractivity contribution in [3.8, 4) is 0 Å². The summed E-state index contributed by atoms with van der Waals surface area (Å²) in [4.78, 5) is 0. The van der Waals surface area contributed by atoms with E-state index in [1.807, 2.05) is 0 Å². The molecular formula is H7BOPSn. The number of rotatable bonds is 0. The van der Waals surface area contributed by atoms with Gasteiger partial charge in [-0.3, -0.25) is 0 Å². The van der Waals surface area contributed by atoms with E-state index in [9.17, 15) is 0 Å². The van der Waals surface area contributed by atoms with Gasteiger partial charge >= 0.3 is 23.9 Å². The molecule has 4 heteroatoms. The van der Waals surface area contributed by atoms with Gasteiger partial charge < -0.3 is 5.48 Å². The Balaban J connectivity index is 0. The molecule has 4 heavy (non-hydrogen) atoms. The van der Waals surface area contributed by atoms with Crippen LogP contribution in [-0.2, 0) is 0 Å². The maximum atomic E-state index is 0. The van der Waals surface area contributed by atoms with Crippen LogP contribution in [-0.4, -0.2) is 37.8 Å². The van der Waals surface area contributed by atoms with Gasteiger partial charge in [-0.25, -0.2) is 0 Å². The van der Waals surface area contributed by atoms with Crippen LogP contribution in [0.25, 0.3) is 0 Å². The third-order valence-corrected chi connectivity index (χ3v) is 0. The van der Waals surface area contributed by atoms with E-state index in [-0.39, 0.29) is 47.7 Å². The van der Waals surface area contributed by atoms with Gasteiger partial charge in [0.15, 0.2) is 0 Å². The average molecular weight is 184 g/mol. The topological polar surface area (TPSA) is 31.5 Å². The Hall–Kier alpha value is 1.25. The summed E-state index contributed by atoms with van der Waals surface area (Å²) < 4.78 is 0. The molecular weight excluding hydrogens is 176 g/mol. The Kier molecular flexibility index (Phi) is 433. The van der Waals surface area contributed by atoms with Crippen LogP contribution in [0.5, 0.6) is 0 Å². The van der Waals surface area contributed by atoms with Crippen LogP contribution in [0.15, 0.2) is 0 Å². The van der Waals surface area contributed by atoms with Crippen molar-refractivity contribution in [2.24, 2.45) is 0 Å². The number of hydrogen-bond donors (Lipinski definition) is 0. The Morgan fingerprint density at radius 3 is 1.00 bits per heavy atom. The van der Waals surface area contributed by atoms with Crippen LogP contribution in [0.2, 0.25) is 0 Å². The molecule has 0 saturated carbocycles. The Bertz CT molecular complexity index is 8.00. The van der Waals surface area contributed by atoms with Gasteiger partial charge in [-0.15, -0.1) is 0 Å². The molecule has 1 nitrogen and oxygen atoms in total. The van der Waals surface area contributed by atoms with Crippen molar-refractivity contribution in [3.63, 3.8) is 0 Å². The minimum absolute atomic E-state index is 0. The molecule has 0 bridgehead atoms. The molecule has 0 aromatic carbocycles. The van der Waals surface area contributed by atoms with Gasteiger partial charge in [-0.2, -0.15) is 9.90 Å². The van der Waals surface area contributed by atoms with Gasteiger partial charge in [-0.1, -0.05) is 0 Å². The van der Waals surface area contributed by atoms with E-state index in [0.29, 0.717) is 0 Å². The van der Waals surface area contributed by atoms with Crippen molar-refractivity contribution >= 4 is 42.2 Å². The van der Waals surface area contributed by atoms with Crippen LogP contribution < -0.4 is 0 Å². The first-order valence-corrected chi connectivity index (χ1v) is 0. The van der Waals surface area contributed by atoms with E-state index in [4.69, 9.17) is 0 Å². The second kappa shape index (κ2) is 28.7. The second-order valence-corrected chi connectivity index (χ2v) is 0. The average Bonchev–Trinajstić information content (AvgIpc) is 0. The molecule has 0 spiro atoms. The number of hydrogen-bond acceptors (Lipinski definition) is 0. The van der Waals surface area contributed by atoms with Crippen LogP contribution in [0.1, 0.15) is 0 Å². The van der Waals surface area contributed by atoms with Crippen molar-refractivity contribution in [1.82, 2.24) is 0 Å².